The topological polar surface area (TPSA) is 90.9 Å². The molecule has 0 saturated heterocycles. The number of hydrogen-bond donors (Lipinski definition) is 1. The zero-order chi connectivity index (χ0) is 17.8. The highest BCUT2D eigenvalue weighted by Crippen LogP contribution is 2.08. The third-order valence-corrected chi connectivity index (χ3v) is 4.49. The number of rotatable bonds is 11. The second-order valence-electron chi connectivity index (χ2n) is 4.84. The van der Waals surface area contributed by atoms with Gasteiger partial charge in [-0.2, -0.15) is 0 Å². The van der Waals surface area contributed by atoms with Crippen LogP contribution < -0.4 is 5.32 Å². The second kappa shape index (κ2) is 11.7. The van der Waals surface area contributed by atoms with E-state index in [0.717, 1.165) is 0 Å². The van der Waals surface area contributed by atoms with Crippen LogP contribution in [0.1, 0.15) is 6.42 Å². The summed E-state index contributed by atoms with van der Waals surface area (Å²) in [6.45, 7) is 0.479. The van der Waals surface area contributed by atoms with Gasteiger partial charge in [0.15, 0.2) is 0 Å². The van der Waals surface area contributed by atoms with E-state index in [4.69, 9.17) is 9.47 Å². The van der Waals surface area contributed by atoms with Gasteiger partial charge in [0.25, 0.3) is 0 Å². The number of ether oxygens (including phenoxy) is 3. The van der Waals surface area contributed by atoms with Crippen LogP contribution in [0.15, 0.2) is 35.2 Å². The van der Waals surface area contributed by atoms with Crippen molar-refractivity contribution in [2.24, 2.45) is 0 Å². The molecule has 1 amide bonds. The Morgan fingerprint density at radius 3 is 2.50 bits per heavy atom. The Hall–Kier alpha value is -1.77. The predicted octanol–water partition coefficient (Wildman–Crippen LogP) is 0.505. The number of esters is 1. The number of amides is 1. The van der Waals surface area contributed by atoms with Gasteiger partial charge in [0.1, 0.15) is 12.6 Å². The second-order valence-corrected chi connectivity index (χ2v) is 6.41. The summed E-state index contributed by atoms with van der Waals surface area (Å²) in [6.07, 6.45) is 0.206. The maximum atomic E-state index is 12.2. The average Bonchev–Trinajstić information content (AvgIpc) is 2.62. The van der Waals surface area contributed by atoms with Crippen LogP contribution in [0.3, 0.4) is 0 Å². The van der Waals surface area contributed by atoms with E-state index < -0.39 is 28.7 Å². The van der Waals surface area contributed by atoms with E-state index >= 15 is 0 Å². The maximum absolute atomic E-state index is 12.2. The van der Waals surface area contributed by atoms with Crippen molar-refractivity contribution in [2.75, 3.05) is 39.8 Å². The van der Waals surface area contributed by atoms with Gasteiger partial charge in [0.05, 0.1) is 31.1 Å². The van der Waals surface area contributed by atoms with Crippen LogP contribution in [0.5, 0.6) is 0 Å². The Balaban J connectivity index is 2.49. The molecule has 0 aromatic heterocycles. The number of benzene rings is 1. The largest absolute Gasteiger partial charge is 0.467 e. The van der Waals surface area contributed by atoms with Crippen molar-refractivity contribution >= 4 is 22.7 Å². The summed E-state index contributed by atoms with van der Waals surface area (Å²) in [7, 11) is 1.52. The van der Waals surface area contributed by atoms with Crippen LogP contribution in [0.4, 0.5) is 0 Å². The van der Waals surface area contributed by atoms with Crippen LogP contribution in [-0.2, 0) is 34.6 Å². The minimum Gasteiger partial charge on any atom is -0.467 e. The molecule has 1 aromatic rings. The molecule has 0 saturated carbocycles. The van der Waals surface area contributed by atoms with Crippen molar-refractivity contribution < 1.29 is 28.0 Å². The van der Waals surface area contributed by atoms with Crippen LogP contribution in [0.2, 0.25) is 0 Å². The van der Waals surface area contributed by atoms with Crippen molar-refractivity contribution in [1.29, 1.82) is 0 Å². The first-order valence-corrected chi connectivity index (χ1v) is 8.77. The molecular weight excluding hydrogens is 334 g/mol. The summed E-state index contributed by atoms with van der Waals surface area (Å²) < 4.78 is 26.8. The Kier molecular flexibility index (Phi) is 9.90. The van der Waals surface area contributed by atoms with Gasteiger partial charge in [-0.15, -0.1) is 0 Å². The summed E-state index contributed by atoms with van der Waals surface area (Å²) in [5.41, 5.74) is 0. The molecule has 24 heavy (non-hydrogen) atoms. The fourth-order valence-electron chi connectivity index (χ4n) is 1.85. The molecule has 7 nitrogen and oxygen atoms in total. The van der Waals surface area contributed by atoms with Crippen LogP contribution >= 0.6 is 0 Å². The molecule has 134 valence electrons. The van der Waals surface area contributed by atoms with Gasteiger partial charge in [-0.05, 0) is 18.6 Å². The predicted molar refractivity (Wildman–Crippen MR) is 89.0 cm³/mol. The van der Waals surface area contributed by atoms with Crippen molar-refractivity contribution in [3.8, 4) is 0 Å². The molecule has 0 fully saturated rings. The highest BCUT2D eigenvalue weighted by atomic mass is 32.2. The van der Waals surface area contributed by atoms with Crippen LogP contribution in [-0.4, -0.2) is 61.9 Å². The van der Waals surface area contributed by atoms with E-state index in [0.29, 0.717) is 11.5 Å². The molecule has 0 aliphatic heterocycles. The van der Waals surface area contributed by atoms with E-state index in [1.165, 1.54) is 14.2 Å². The molecular formula is C16H23NO6S. The molecule has 0 radical (unpaired) electrons. The van der Waals surface area contributed by atoms with Gasteiger partial charge >= 0.3 is 5.97 Å². The number of carbonyl (C=O) groups excluding carboxylic acids is 2. The maximum Gasteiger partial charge on any atom is 0.328 e. The van der Waals surface area contributed by atoms with Crippen LogP contribution in [0.25, 0.3) is 0 Å². The van der Waals surface area contributed by atoms with Gasteiger partial charge in [0, 0.05) is 17.8 Å². The van der Waals surface area contributed by atoms with E-state index in [-0.39, 0.29) is 25.4 Å². The summed E-state index contributed by atoms with van der Waals surface area (Å²) in [6, 6.07) is 8.08. The average molecular weight is 357 g/mol. The number of carbonyl (C=O) groups is 2. The SMILES string of the molecule is COCCOCC(=O)N[C@@H](CC[S@](=O)c1ccccc1)C(=O)OC. The van der Waals surface area contributed by atoms with E-state index in [2.05, 4.69) is 10.1 Å². The van der Waals surface area contributed by atoms with E-state index in [9.17, 15) is 13.8 Å². The first-order chi connectivity index (χ1) is 11.6. The number of nitrogens with one attached hydrogen (secondary N) is 1. The van der Waals surface area contributed by atoms with Gasteiger partial charge in [-0.25, -0.2) is 4.79 Å². The Bertz CT molecular complexity index is 537. The molecule has 1 rings (SSSR count). The molecule has 1 aromatic carbocycles. The minimum absolute atomic E-state index is 0.182. The first-order valence-electron chi connectivity index (χ1n) is 7.45. The zero-order valence-electron chi connectivity index (χ0n) is 13.9. The van der Waals surface area contributed by atoms with Crippen LogP contribution in [0, 0.1) is 0 Å². The Labute approximate surface area is 144 Å². The lowest BCUT2D eigenvalue weighted by Crippen LogP contribution is -2.44. The van der Waals surface area contributed by atoms with Gasteiger partial charge in [-0.3, -0.25) is 9.00 Å². The van der Waals surface area contributed by atoms with Crippen molar-refractivity contribution in [3.05, 3.63) is 30.3 Å². The monoisotopic (exact) mass is 357 g/mol. The summed E-state index contributed by atoms with van der Waals surface area (Å²) in [5.74, 6) is -0.786. The molecule has 0 heterocycles. The highest BCUT2D eigenvalue weighted by molar-refractivity contribution is 7.85. The molecule has 0 aliphatic carbocycles. The summed E-state index contributed by atoms with van der Waals surface area (Å²) in [5, 5.41) is 2.54. The lowest BCUT2D eigenvalue weighted by Gasteiger charge is -2.16. The van der Waals surface area contributed by atoms with Gasteiger partial charge in [-0.1, -0.05) is 18.2 Å². The third kappa shape index (κ3) is 7.67. The van der Waals surface area contributed by atoms with Crippen molar-refractivity contribution in [2.45, 2.75) is 17.4 Å². The standard InChI is InChI=1S/C16H23NO6S/c1-21-9-10-23-12-15(18)17-14(16(19)22-2)8-11-24(20)13-6-4-3-5-7-13/h3-7,14H,8-12H2,1-2H3,(H,17,18)/t14-,24-/m0/s1. The van der Waals surface area contributed by atoms with E-state index in [1.807, 2.05) is 6.07 Å². The minimum atomic E-state index is -1.25. The third-order valence-electron chi connectivity index (χ3n) is 3.08. The fraction of sp³-hybridized carbons (Fsp3) is 0.500. The van der Waals surface area contributed by atoms with Crippen molar-refractivity contribution in [1.82, 2.24) is 5.32 Å². The molecule has 0 unspecified atom stereocenters. The quantitative estimate of drug-likeness (QED) is 0.458. The Morgan fingerprint density at radius 1 is 1.17 bits per heavy atom. The van der Waals surface area contributed by atoms with Gasteiger partial charge < -0.3 is 19.5 Å². The number of hydrogen-bond acceptors (Lipinski definition) is 6. The molecule has 0 bridgehead atoms. The first kappa shape index (κ1) is 20.3. The number of methoxy groups -OCH3 is 2. The highest BCUT2D eigenvalue weighted by Gasteiger charge is 2.22. The lowest BCUT2D eigenvalue weighted by atomic mass is 10.2. The fourth-order valence-corrected chi connectivity index (χ4v) is 3.00. The summed E-state index contributed by atoms with van der Waals surface area (Å²) >= 11 is 0. The molecule has 0 aliphatic rings. The van der Waals surface area contributed by atoms with Gasteiger partial charge in [0.2, 0.25) is 5.91 Å². The van der Waals surface area contributed by atoms with E-state index in [1.54, 1.807) is 24.3 Å². The molecule has 0 spiro atoms. The molecule has 8 heteroatoms. The summed E-state index contributed by atoms with van der Waals surface area (Å²) in [4.78, 5) is 24.2. The van der Waals surface area contributed by atoms with Crippen molar-refractivity contribution in [3.63, 3.8) is 0 Å². The smallest absolute Gasteiger partial charge is 0.328 e. The Morgan fingerprint density at radius 2 is 1.88 bits per heavy atom. The normalized spacial score (nSPS) is 13.1. The molecule has 2 atom stereocenters. The zero-order valence-corrected chi connectivity index (χ0v) is 14.7. The lowest BCUT2D eigenvalue weighted by molar-refractivity contribution is -0.145. The molecule has 1 N–H and O–H groups in total.